The van der Waals surface area contributed by atoms with Gasteiger partial charge in [-0.3, -0.25) is 14.3 Å². The van der Waals surface area contributed by atoms with E-state index >= 15 is 0 Å². The highest BCUT2D eigenvalue weighted by atomic mass is 16.2. The lowest BCUT2D eigenvalue weighted by Crippen LogP contribution is -2.29. The summed E-state index contributed by atoms with van der Waals surface area (Å²) >= 11 is 0. The van der Waals surface area contributed by atoms with Gasteiger partial charge in [-0.25, -0.2) is 9.78 Å². The summed E-state index contributed by atoms with van der Waals surface area (Å²) in [6, 6.07) is 0.168. The Morgan fingerprint density at radius 3 is 2.84 bits per heavy atom. The molecule has 0 spiro atoms. The van der Waals surface area contributed by atoms with E-state index in [9.17, 15) is 9.59 Å². The lowest BCUT2D eigenvalue weighted by atomic mass is 10.2. The van der Waals surface area contributed by atoms with Gasteiger partial charge in [0.05, 0.1) is 6.04 Å². The van der Waals surface area contributed by atoms with Crippen LogP contribution in [0.2, 0.25) is 0 Å². The average molecular weight is 263 g/mol. The van der Waals surface area contributed by atoms with Crippen LogP contribution < -0.4 is 16.6 Å². The fraction of sp³-hybridized carbons (Fsp3) is 0.583. The van der Waals surface area contributed by atoms with Crippen molar-refractivity contribution >= 4 is 11.2 Å². The molecule has 102 valence electrons. The number of hydrogen-bond donors (Lipinski definition) is 2. The molecule has 1 saturated heterocycles. The monoisotopic (exact) mass is 263 g/mol. The van der Waals surface area contributed by atoms with E-state index in [0.717, 1.165) is 25.2 Å². The van der Waals surface area contributed by atoms with Gasteiger partial charge >= 0.3 is 5.69 Å². The van der Waals surface area contributed by atoms with E-state index in [1.54, 1.807) is 7.05 Å². The molecule has 1 fully saturated rings. The highest BCUT2D eigenvalue weighted by molar-refractivity contribution is 5.71. The molecule has 3 rings (SSSR count). The van der Waals surface area contributed by atoms with E-state index in [4.69, 9.17) is 0 Å². The first-order valence-corrected chi connectivity index (χ1v) is 6.56. The first-order chi connectivity index (χ1) is 9.13. The molecular formula is C12H17N5O2. The van der Waals surface area contributed by atoms with Crippen LogP contribution in [0.25, 0.3) is 11.2 Å². The predicted octanol–water partition coefficient (Wildman–Crippen LogP) is -0.132. The molecule has 0 radical (unpaired) electrons. The number of H-pyrrole nitrogens is 1. The fourth-order valence-corrected chi connectivity index (χ4v) is 2.74. The van der Waals surface area contributed by atoms with Crippen LogP contribution >= 0.6 is 0 Å². The maximum Gasteiger partial charge on any atom is 0.329 e. The van der Waals surface area contributed by atoms with Gasteiger partial charge in [0.25, 0.3) is 5.56 Å². The predicted molar refractivity (Wildman–Crippen MR) is 71.2 cm³/mol. The second-order valence-electron chi connectivity index (χ2n) is 4.85. The van der Waals surface area contributed by atoms with Gasteiger partial charge in [0.1, 0.15) is 5.82 Å². The van der Waals surface area contributed by atoms with Gasteiger partial charge in [-0.15, -0.1) is 0 Å². The summed E-state index contributed by atoms with van der Waals surface area (Å²) in [4.78, 5) is 30.5. The standard InChI is InChI=1S/C12H17N5O2/c1-3-17-8-10(16(2)12(19)15-11(8)18)14-9(17)7-5-4-6-13-7/h7,13H,3-6H2,1-2H3,(H,15,18,19). The molecule has 19 heavy (non-hydrogen) atoms. The van der Waals surface area contributed by atoms with E-state index < -0.39 is 5.69 Å². The number of aromatic nitrogens is 4. The van der Waals surface area contributed by atoms with Crippen molar-refractivity contribution < 1.29 is 0 Å². The van der Waals surface area contributed by atoms with Gasteiger partial charge in [-0.2, -0.15) is 0 Å². The molecule has 2 aromatic heterocycles. The van der Waals surface area contributed by atoms with Gasteiger partial charge in [-0.1, -0.05) is 0 Å². The molecule has 0 amide bonds. The van der Waals surface area contributed by atoms with Crippen molar-refractivity contribution in [3.63, 3.8) is 0 Å². The fourth-order valence-electron chi connectivity index (χ4n) is 2.74. The van der Waals surface area contributed by atoms with Gasteiger partial charge in [0.15, 0.2) is 11.2 Å². The Hall–Kier alpha value is -1.89. The van der Waals surface area contributed by atoms with E-state index in [1.807, 2.05) is 11.5 Å². The van der Waals surface area contributed by atoms with Crippen LogP contribution in [-0.2, 0) is 13.6 Å². The second kappa shape index (κ2) is 4.34. The smallest absolute Gasteiger partial charge is 0.321 e. The summed E-state index contributed by atoms with van der Waals surface area (Å²) < 4.78 is 3.29. The molecule has 2 aromatic rings. The van der Waals surface area contributed by atoms with E-state index in [-0.39, 0.29) is 11.6 Å². The number of fused-ring (bicyclic) bond motifs is 1. The molecule has 1 unspecified atom stereocenters. The molecule has 0 aromatic carbocycles. The number of imidazole rings is 1. The summed E-state index contributed by atoms with van der Waals surface area (Å²) in [7, 11) is 1.62. The Morgan fingerprint density at radius 2 is 2.21 bits per heavy atom. The van der Waals surface area contributed by atoms with Crippen molar-refractivity contribution in [3.8, 4) is 0 Å². The number of nitrogens with one attached hydrogen (secondary N) is 2. The molecule has 1 aliphatic rings. The molecule has 7 heteroatoms. The van der Waals surface area contributed by atoms with Crippen molar-refractivity contribution in [3.05, 3.63) is 26.7 Å². The minimum atomic E-state index is -0.427. The van der Waals surface area contributed by atoms with Crippen LogP contribution in [0.15, 0.2) is 9.59 Å². The highest BCUT2D eigenvalue weighted by Gasteiger charge is 2.24. The number of nitrogens with zero attached hydrogens (tertiary/aromatic N) is 3. The maximum atomic E-state index is 12.0. The van der Waals surface area contributed by atoms with Crippen molar-refractivity contribution in [2.75, 3.05) is 6.54 Å². The average Bonchev–Trinajstić information content (AvgIpc) is 3.02. The first-order valence-electron chi connectivity index (χ1n) is 6.56. The third kappa shape index (κ3) is 1.73. The van der Waals surface area contributed by atoms with Gasteiger partial charge in [0, 0.05) is 13.6 Å². The third-order valence-electron chi connectivity index (χ3n) is 3.72. The topological polar surface area (TPSA) is 84.7 Å². The molecule has 2 N–H and O–H groups in total. The quantitative estimate of drug-likeness (QED) is 0.790. The van der Waals surface area contributed by atoms with Crippen LogP contribution in [0.3, 0.4) is 0 Å². The summed E-state index contributed by atoms with van der Waals surface area (Å²) in [6.07, 6.45) is 2.11. The largest absolute Gasteiger partial charge is 0.329 e. The molecule has 1 aliphatic heterocycles. The molecule has 7 nitrogen and oxygen atoms in total. The summed E-state index contributed by atoms with van der Waals surface area (Å²) in [6.45, 7) is 3.60. The Balaban J connectivity index is 2.35. The zero-order valence-corrected chi connectivity index (χ0v) is 11.1. The van der Waals surface area contributed by atoms with Crippen LogP contribution in [-0.4, -0.2) is 25.6 Å². The molecule has 3 heterocycles. The van der Waals surface area contributed by atoms with Gasteiger partial charge < -0.3 is 9.88 Å². The van der Waals surface area contributed by atoms with Crippen LogP contribution in [0, 0.1) is 0 Å². The molecule has 0 saturated carbocycles. The summed E-state index contributed by atoms with van der Waals surface area (Å²) in [5.74, 6) is 0.849. The minimum Gasteiger partial charge on any atom is -0.321 e. The van der Waals surface area contributed by atoms with Crippen LogP contribution in [0.4, 0.5) is 0 Å². The molecular weight excluding hydrogens is 246 g/mol. The van der Waals surface area contributed by atoms with Gasteiger partial charge in [-0.05, 0) is 26.3 Å². The number of rotatable bonds is 2. The first kappa shape index (κ1) is 12.2. The second-order valence-corrected chi connectivity index (χ2v) is 4.85. The molecule has 0 aliphatic carbocycles. The van der Waals surface area contributed by atoms with Crippen LogP contribution in [0.1, 0.15) is 31.6 Å². The van der Waals surface area contributed by atoms with Crippen molar-refractivity contribution in [1.29, 1.82) is 0 Å². The zero-order valence-electron chi connectivity index (χ0n) is 11.1. The minimum absolute atomic E-state index is 0.168. The lowest BCUT2D eigenvalue weighted by Gasteiger charge is -2.11. The molecule has 0 bridgehead atoms. The molecule has 1 atom stereocenters. The Bertz CT molecular complexity index is 733. The van der Waals surface area contributed by atoms with Crippen molar-refractivity contribution in [2.24, 2.45) is 7.05 Å². The lowest BCUT2D eigenvalue weighted by molar-refractivity contribution is 0.564. The maximum absolute atomic E-state index is 12.0. The van der Waals surface area contributed by atoms with E-state index in [0.29, 0.717) is 17.7 Å². The Labute approximate surface area is 109 Å². The summed E-state index contributed by atoms with van der Waals surface area (Å²) in [5.41, 5.74) is 0.147. The highest BCUT2D eigenvalue weighted by Crippen LogP contribution is 2.24. The number of aryl methyl sites for hydroxylation is 2. The van der Waals surface area contributed by atoms with Crippen molar-refractivity contribution in [2.45, 2.75) is 32.4 Å². The number of aromatic amines is 1. The third-order valence-corrected chi connectivity index (χ3v) is 3.72. The van der Waals surface area contributed by atoms with Crippen LogP contribution in [0.5, 0.6) is 0 Å². The Morgan fingerprint density at radius 1 is 1.42 bits per heavy atom. The summed E-state index contributed by atoms with van der Waals surface area (Å²) in [5, 5.41) is 3.38. The number of hydrogen-bond acceptors (Lipinski definition) is 4. The van der Waals surface area contributed by atoms with Gasteiger partial charge in [0.2, 0.25) is 0 Å². The van der Waals surface area contributed by atoms with E-state index in [1.165, 1.54) is 4.57 Å². The van der Waals surface area contributed by atoms with Crippen molar-refractivity contribution in [1.82, 2.24) is 24.4 Å². The normalized spacial score (nSPS) is 19.4. The van der Waals surface area contributed by atoms with E-state index in [2.05, 4.69) is 15.3 Å². The zero-order chi connectivity index (χ0) is 13.6. The Kier molecular flexibility index (Phi) is 2.78. The SMILES string of the molecule is CCn1c(C2CCCN2)nc2c1c(=O)[nH]c(=O)n2C.